The second-order valence-electron chi connectivity index (χ2n) is 6.63. The van der Waals surface area contributed by atoms with Crippen molar-refractivity contribution in [1.29, 1.82) is 0 Å². The van der Waals surface area contributed by atoms with Gasteiger partial charge in [-0.1, -0.05) is 29.5 Å². The number of fused-ring (bicyclic) bond motifs is 3. The summed E-state index contributed by atoms with van der Waals surface area (Å²) in [5, 5.41) is 0. The van der Waals surface area contributed by atoms with Crippen molar-refractivity contribution in [2.75, 3.05) is 0 Å². The van der Waals surface area contributed by atoms with Crippen LogP contribution in [0.1, 0.15) is 27.9 Å². The van der Waals surface area contributed by atoms with E-state index in [1.807, 2.05) is 30.3 Å². The van der Waals surface area contributed by atoms with E-state index in [-0.39, 0.29) is 10.7 Å². The first-order chi connectivity index (χ1) is 13.2. The number of hydrogen-bond donors (Lipinski definition) is 1. The molecule has 0 spiro atoms. The second kappa shape index (κ2) is 6.28. The fourth-order valence-electron chi connectivity index (χ4n) is 3.69. The van der Waals surface area contributed by atoms with Crippen LogP contribution in [0.2, 0.25) is 0 Å². The van der Waals surface area contributed by atoms with E-state index in [1.165, 1.54) is 17.4 Å². The zero-order chi connectivity index (χ0) is 18.4. The molecule has 0 unspecified atom stereocenters. The minimum Gasteiger partial charge on any atom is -0.312 e. The van der Waals surface area contributed by atoms with Crippen LogP contribution in [0.15, 0.2) is 59.5 Å². The molecule has 0 radical (unpaired) electrons. The maximum atomic E-state index is 13.8. The standard InChI is InChI=1S/C22H15FN2OS/c23-15-5-6-16-14(12-15)4-7-19-17(2-1-9-24-19)18(16)10-13-3-8-21-20(11-13)25-22(26)27-21/h1-3,5-6,8-12H,4,7H2,(H,25,26). The lowest BCUT2D eigenvalue weighted by atomic mass is 9.93. The number of H-pyrrole nitrogens is 1. The van der Waals surface area contributed by atoms with Crippen LogP contribution in [0.4, 0.5) is 4.39 Å². The molecular formula is C22H15FN2OS. The van der Waals surface area contributed by atoms with E-state index in [2.05, 4.69) is 22.1 Å². The zero-order valence-corrected chi connectivity index (χ0v) is 15.1. The van der Waals surface area contributed by atoms with E-state index >= 15 is 0 Å². The van der Waals surface area contributed by atoms with Gasteiger partial charge in [-0.25, -0.2) is 4.39 Å². The lowest BCUT2D eigenvalue weighted by Crippen LogP contribution is -1.95. The van der Waals surface area contributed by atoms with Gasteiger partial charge in [-0.05, 0) is 71.5 Å². The van der Waals surface area contributed by atoms with Crippen LogP contribution >= 0.6 is 11.3 Å². The number of halogens is 1. The Morgan fingerprint density at radius 1 is 1.07 bits per heavy atom. The minimum absolute atomic E-state index is 0.0559. The SMILES string of the molecule is O=c1[nH]c2cc(C=C3c4ccc(F)cc4CCc4ncccc43)ccc2s1. The molecule has 3 nitrogen and oxygen atoms in total. The van der Waals surface area contributed by atoms with Crippen molar-refractivity contribution in [2.45, 2.75) is 12.8 Å². The molecule has 0 saturated carbocycles. The normalized spacial score (nSPS) is 14.8. The van der Waals surface area contributed by atoms with Crippen LogP contribution in [0.5, 0.6) is 0 Å². The van der Waals surface area contributed by atoms with E-state index in [0.29, 0.717) is 0 Å². The molecule has 5 heteroatoms. The maximum Gasteiger partial charge on any atom is 0.305 e. The Labute approximate surface area is 158 Å². The summed E-state index contributed by atoms with van der Waals surface area (Å²) in [5.41, 5.74) is 6.96. The van der Waals surface area contributed by atoms with Gasteiger partial charge in [-0.15, -0.1) is 0 Å². The Morgan fingerprint density at radius 3 is 2.93 bits per heavy atom. The third kappa shape index (κ3) is 2.90. The third-order valence-corrected chi connectivity index (χ3v) is 5.79. The van der Waals surface area contributed by atoms with Crippen LogP contribution in [0.25, 0.3) is 21.9 Å². The molecule has 2 heterocycles. The summed E-state index contributed by atoms with van der Waals surface area (Å²) in [4.78, 5) is 19.0. The van der Waals surface area contributed by atoms with Crippen LogP contribution in [0, 0.1) is 5.82 Å². The lowest BCUT2D eigenvalue weighted by Gasteiger charge is -2.12. The van der Waals surface area contributed by atoms with Gasteiger partial charge in [0, 0.05) is 17.5 Å². The second-order valence-corrected chi connectivity index (χ2v) is 7.64. The summed E-state index contributed by atoms with van der Waals surface area (Å²) < 4.78 is 14.8. The van der Waals surface area contributed by atoms with Crippen molar-refractivity contribution in [3.8, 4) is 0 Å². The smallest absolute Gasteiger partial charge is 0.305 e. The summed E-state index contributed by atoms with van der Waals surface area (Å²) in [6.45, 7) is 0. The van der Waals surface area contributed by atoms with Gasteiger partial charge in [0.15, 0.2) is 0 Å². The van der Waals surface area contributed by atoms with E-state index in [1.54, 1.807) is 12.3 Å². The number of pyridine rings is 1. The van der Waals surface area contributed by atoms with Crippen LogP contribution in [-0.4, -0.2) is 9.97 Å². The van der Waals surface area contributed by atoms with E-state index in [4.69, 9.17) is 0 Å². The molecule has 0 saturated heterocycles. The van der Waals surface area contributed by atoms with Crippen molar-refractivity contribution >= 4 is 33.2 Å². The highest BCUT2D eigenvalue weighted by molar-refractivity contribution is 7.16. The first-order valence-electron chi connectivity index (χ1n) is 8.75. The quantitative estimate of drug-likeness (QED) is 0.520. The van der Waals surface area contributed by atoms with Gasteiger partial charge in [0.25, 0.3) is 0 Å². The van der Waals surface area contributed by atoms with Crippen molar-refractivity contribution in [2.24, 2.45) is 0 Å². The predicted octanol–water partition coefficient (Wildman–Crippen LogP) is 4.81. The molecule has 2 aromatic heterocycles. The number of nitrogens with one attached hydrogen (secondary N) is 1. The number of hydrogen-bond acceptors (Lipinski definition) is 3. The Kier molecular flexibility index (Phi) is 3.76. The van der Waals surface area contributed by atoms with Crippen molar-refractivity contribution < 1.29 is 4.39 Å². The molecule has 0 aliphatic heterocycles. The molecule has 0 atom stereocenters. The van der Waals surface area contributed by atoms with Crippen LogP contribution < -0.4 is 4.87 Å². The molecule has 27 heavy (non-hydrogen) atoms. The van der Waals surface area contributed by atoms with E-state index < -0.39 is 0 Å². The summed E-state index contributed by atoms with van der Waals surface area (Å²) in [6.07, 6.45) is 5.43. The Hall–Kier alpha value is -3.05. The third-order valence-electron chi connectivity index (χ3n) is 4.92. The Balaban J connectivity index is 1.75. The highest BCUT2D eigenvalue weighted by Crippen LogP contribution is 2.34. The molecule has 0 amide bonds. The fraction of sp³-hybridized carbons (Fsp3) is 0.0909. The highest BCUT2D eigenvalue weighted by Gasteiger charge is 2.19. The molecule has 1 aliphatic carbocycles. The molecule has 4 aromatic rings. The van der Waals surface area contributed by atoms with Gasteiger partial charge in [0.05, 0.1) is 10.2 Å². The lowest BCUT2D eigenvalue weighted by molar-refractivity contribution is 0.625. The Morgan fingerprint density at radius 2 is 2.00 bits per heavy atom. The van der Waals surface area contributed by atoms with Crippen molar-refractivity contribution in [1.82, 2.24) is 9.97 Å². The number of aryl methyl sites for hydroxylation is 2. The molecule has 0 bridgehead atoms. The number of benzene rings is 2. The number of nitrogens with zero attached hydrogens (tertiary/aromatic N) is 1. The van der Waals surface area contributed by atoms with Gasteiger partial charge in [-0.2, -0.15) is 0 Å². The average molecular weight is 374 g/mol. The molecule has 0 fully saturated rings. The number of thiazole rings is 1. The molecule has 2 aromatic carbocycles. The maximum absolute atomic E-state index is 13.8. The van der Waals surface area contributed by atoms with Gasteiger partial charge in [0.1, 0.15) is 5.82 Å². The van der Waals surface area contributed by atoms with Crippen LogP contribution in [-0.2, 0) is 12.8 Å². The first kappa shape index (κ1) is 16.1. The number of aromatic nitrogens is 2. The summed E-state index contributed by atoms with van der Waals surface area (Å²) >= 11 is 1.21. The molecular weight excluding hydrogens is 359 g/mol. The van der Waals surface area contributed by atoms with Crippen LogP contribution in [0.3, 0.4) is 0 Å². The van der Waals surface area contributed by atoms with Crippen molar-refractivity contribution in [3.05, 3.63) is 98.2 Å². The van der Waals surface area contributed by atoms with E-state index in [9.17, 15) is 9.18 Å². The topological polar surface area (TPSA) is 45.8 Å². The Bertz CT molecular complexity index is 1270. The fourth-order valence-corrected chi connectivity index (χ4v) is 4.41. The first-order valence-corrected chi connectivity index (χ1v) is 9.57. The molecule has 1 aliphatic rings. The van der Waals surface area contributed by atoms with Gasteiger partial charge < -0.3 is 4.98 Å². The van der Waals surface area contributed by atoms with Gasteiger partial charge in [-0.3, -0.25) is 9.78 Å². The molecule has 5 rings (SSSR count). The summed E-state index contributed by atoms with van der Waals surface area (Å²) in [5.74, 6) is -0.218. The van der Waals surface area contributed by atoms with Crippen molar-refractivity contribution in [3.63, 3.8) is 0 Å². The number of aromatic amines is 1. The van der Waals surface area contributed by atoms with Gasteiger partial charge >= 0.3 is 4.87 Å². The highest BCUT2D eigenvalue weighted by atomic mass is 32.1. The zero-order valence-electron chi connectivity index (χ0n) is 14.3. The predicted molar refractivity (Wildman–Crippen MR) is 107 cm³/mol. The summed E-state index contributed by atoms with van der Waals surface area (Å²) in [7, 11) is 0. The van der Waals surface area contributed by atoms with Gasteiger partial charge in [0.2, 0.25) is 0 Å². The number of rotatable bonds is 1. The average Bonchev–Trinajstić information content (AvgIpc) is 2.97. The largest absolute Gasteiger partial charge is 0.312 e. The molecule has 132 valence electrons. The molecule has 1 N–H and O–H groups in total. The minimum atomic E-state index is -0.218. The monoisotopic (exact) mass is 374 g/mol. The summed E-state index contributed by atoms with van der Waals surface area (Å²) in [6, 6.07) is 14.9. The van der Waals surface area contributed by atoms with E-state index in [0.717, 1.165) is 56.6 Å².